The molecule has 0 spiro atoms. The molecule has 1 heterocycles. The first kappa shape index (κ1) is 15.7. The van der Waals surface area contributed by atoms with E-state index in [0.29, 0.717) is 17.9 Å². The van der Waals surface area contributed by atoms with Crippen molar-refractivity contribution in [2.45, 2.75) is 58.9 Å². The Labute approximate surface area is 146 Å². The van der Waals surface area contributed by atoms with Gasteiger partial charge in [-0.2, -0.15) is 0 Å². The Hall–Kier alpha value is -1.76. The smallest absolute Gasteiger partial charge is 0.0411 e. The molecule has 1 nitrogen and oxygen atoms in total. The zero-order chi connectivity index (χ0) is 17.0. The predicted octanol–water partition coefficient (Wildman–Crippen LogP) is 5.98. The summed E-state index contributed by atoms with van der Waals surface area (Å²) in [5.41, 5.74) is 8.81. The Kier molecular flexibility index (Phi) is 3.71. The number of benzene rings is 2. The van der Waals surface area contributed by atoms with Crippen molar-refractivity contribution in [2.24, 2.45) is 5.92 Å². The minimum absolute atomic E-state index is 0.599. The van der Waals surface area contributed by atoms with E-state index in [1.165, 1.54) is 28.8 Å². The second-order valence-electron chi connectivity index (χ2n) is 7.97. The fourth-order valence-corrected chi connectivity index (χ4v) is 4.80. The Morgan fingerprint density at radius 3 is 2.25 bits per heavy atom. The second-order valence-corrected chi connectivity index (χ2v) is 7.97. The summed E-state index contributed by atoms with van der Waals surface area (Å²) in [7, 11) is 0. The van der Waals surface area contributed by atoms with E-state index in [0.717, 1.165) is 12.5 Å². The van der Waals surface area contributed by atoms with E-state index in [4.69, 9.17) is 0 Å². The van der Waals surface area contributed by atoms with Crippen molar-refractivity contribution in [3.63, 3.8) is 0 Å². The number of likely N-dealkylation sites (N-methyl/N-ethyl adjacent to an activating group) is 1. The van der Waals surface area contributed by atoms with Crippen LogP contribution in [0.2, 0.25) is 0 Å². The third kappa shape index (κ3) is 2.21. The van der Waals surface area contributed by atoms with E-state index >= 15 is 0 Å². The van der Waals surface area contributed by atoms with Crippen LogP contribution in [-0.2, 0) is 6.42 Å². The number of hydrogen-bond donors (Lipinski definition) is 0. The summed E-state index contributed by atoms with van der Waals surface area (Å²) in [5, 5.41) is 0. The first-order valence-electron chi connectivity index (χ1n) is 9.55. The number of nitrogens with zero attached hydrogens (tertiary/aromatic N) is 1. The van der Waals surface area contributed by atoms with E-state index in [-0.39, 0.29) is 0 Å². The molecule has 2 aliphatic rings. The summed E-state index contributed by atoms with van der Waals surface area (Å²) in [6, 6.07) is 14.8. The summed E-state index contributed by atoms with van der Waals surface area (Å²) in [4.78, 5) is 2.56. The van der Waals surface area contributed by atoms with Crippen LogP contribution in [0.5, 0.6) is 0 Å². The van der Waals surface area contributed by atoms with Crippen molar-refractivity contribution in [3.05, 3.63) is 53.1 Å². The van der Waals surface area contributed by atoms with E-state index < -0.39 is 0 Å². The van der Waals surface area contributed by atoms with Crippen LogP contribution in [0.15, 0.2) is 36.4 Å². The van der Waals surface area contributed by atoms with Crippen LogP contribution in [0.1, 0.15) is 63.1 Å². The van der Waals surface area contributed by atoms with Gasteiger partial charge < -0.3 is 4.90 Å². The SMILES string of the molecule is CCN1c2cc(-c3ccc4c(c3)C[C@H](C)[C@@H]4C)ccc2[C@H](C)[C@@H]1C. The highest BCUT2D eigenvalue weighted by Crippen LogP contribution is 2.43. The molecule has 126 valence electrons. The molecular weight excluding hydrogens is 290 g/mol. The molecule has 4 rings (SSSR count). The van der Waals surface area contributed by atoms with Gasteiger partial charge in [-0.25, -0.2) is 0 Å². The van der Waals surface area contributed by atoms with Gasteiger partial charge in [0.25, 0.3) is 0 Å². The largest absolute Gasteiger partial charge is 0.368 e. The molecule has 0 aromatic heterocycles. The molecule has 24 heavy (non-hydrogen) atoms. The van der Waals surface area contributed by atoms with E-state index in [2.05, 4.69) is 75.9 Å². The van der Waals surface area contributed by atoms with E-state index in [9.17, 15) is 0 Å². The number of fused-ring (bicyclic) bond motifs is 2. The van der Waals surface area contributed by atoms with Gasteiger partial charge in [-0.3, -0.25) is 0 Å². The van der Waals surface area contributed by atoms with E-state index in [1.807, 2.05) is 0 Å². The molecule has 0 saturated carbocycles. The molecule has 0 unspecified atom stereocenters. The van der Waals surface area contributed by atoms with Crippen LogP contribution in [0.4, 0.5) is 5.69 Å². The third-order valence-corrected chi connectivity index (χ3v) is 6.75. The average molecular weight is 319 g/mol. The summed E-state index contributed by atoms with van der Waals surface area (Å²) in [5.74, 6) is 2.09. The molecule has 1 heteroatoms. The van der Waals surface area contributed by atoms with Crippen LogP contribution in [0.3, 0.4) is 0 Å². The first-order chi connectivity index (χ1) is 11.5. The van der Waals surface area contributed by atoms with Crippen LogP contribution in [0.25, 0.3) is 11.1 Å². The van der Waals surface area contributed by atoms with Crippen LogP contribution in [0, 0.1) is 5.92 Å². The van der Waals surface area contributed by atoms with Crippen molar-refractivity contribution in [1.82, 2.24) is 0 Å². The monoisotopic (exact) mass is 319 g/mol. The van der Waals surface area contributed by atoms with Gasteiger partial charge in [-0.15, -0.1) is 0 Å². The number of rotatable bonds is 2. The predicted molar refractivity (Wildman–Crippen MR) is 104 cm³/mol. The van der Waals surface area contributed by atoms with Gasteiger partial charge in [-0.1, -0.05) is 51.1 Å². The van der Waals surface area contributed by atoms with Crippen molar-refractivity contribution in [3.8, 4) is 11.1 Å². The average Bonchev–Trinajstić information content (AvgIpc) is 3.01. The Balaban J connectivity index is 1.75. The summed E-state index contributed by atoms with van der Waals surface area (Å²) >= 11 is 0. The van der Waals surface area contributed by atoms with Gasteiger partial charge in [0.05, 0.1) is 0 Å². The Bertz CT molecular complexity index is 776. The maximum absolute atomic E-state index is 2.56. The molecular formula is C23H29N. The molecule has 1 aliphatic carbocycles. The van der Waals surface area contributed by atoms with Gasteiger partial charge >= 0.3 is 0 Å². The normalized spacial score (nSPS) is 28.1. The van der Waals surface area contributed by atoms with Gasteiger partial charge in [0.2, 0.25) is 0 Å². The lowest BCUT2D eigenvalue weighted by molar-refractivity contribution is 0.532. The van der Waals surface area contributed by atoms with Crippen molar-refractivity contribution < 1.29 is 0 Å². The van der Waals surface area contributed by atoms with Crippen molar-refractivity contribution in [2.75, 3.05) is 11.4 Å². The van der Waals surface area contributed by atoms with Crippen molar-refractivity contribution >= 4 is 5.69 Å². The molecule has 0 saturated heterocycles. The zero-order valence-electron chi connectivity index (χ0n) is 15.6. The third-order valence-electron chi connectivity index (χ3n) is 6.75. The molecule has 1 aliphatic heterocycles. The fraction of sp³-hybridized carbons (Fsp3) is 0.478. The highest BCUT2D eigenvalue weighted by molar-refractivity contribution is 5.74. The second kappa shape index (κ2) is 5.65. The fourth-order valence-electron chi connectivity index (χ4n) is 4.80. The van der Waals surface area contributed by atoms with Gasteiger partial charge in [0, 0.05) is 24.2 Å². The summed E-state index contributed by atoms with van der Waals surface area (Å²) in [6.07, 6.45) is 1.23. The molecule has 0 fully saturated rings. The number of hydrogen-bond acceptors (Lipinski definition) is 1. The lowest BCUT2D eigenvalue weighted by Crippen LogP contribution is -2.30. The standard InChI is InChI=1S/C23H29N/c1-6-24-17(5)16(4)22-10-8-19(13-23(22)24)18-7-9-21-15(3)14(2)11-20(21)12-18/h7-10,12-17H,6,11H2,1-5H3/t14-,15-,16+,17-/m0/s1. The van der Waals surface area contributed by atoms with Crippen LogP contribution < -0.4 is 4.90 Å². The maximum Gasteiger partial charge on any atom is 0.0411 e. The quantitative estimate of drug-likeness (QED) is 0.658. The summed E-state index contributed by atoms with van der Waals surface area (Å²) < 4.78 is 0. The van der Waals surface area contributed by atoms with Crippen molar-refractivity contribution in [1.29, 1.82) is 0 Å². The molecule has 0 radical (unpaired) electrons. The highest BCUT2D eigenvalue weighted by atomic mass is 15.2. The molecule has 0 amide bonds. The molecule has 4 atom stereocenters. The molecule has 0 bridgehead atoms. The van der Waals surface area contributed by atoms with Gasteiger partial charge in [0.1, 0.15) is 0 Å². The minimum Gasteiger partial charge on any atom is -0.368 e. The summed E-state index contributed by atoms with van der Waals surface area (Å²) in [6.45, 7) is 12.8. The topological polar surface area (TPSA) is 3.24 Å². The maximum atomic E-state index is 2.56. The Morgan fingerprint density at radius 1 is 0.875 bits per heavy atom. The lowest BCUT2D eigenvalue weighted by Gasteiger charge is -2.24. The van der Waals surface area contributed by atoms with Gasteiger partial charge in [0.15, 0.2) is 0 Å². The van der Waals surface area contributed by atoms with Gasteiger partial charge in [-0.05, 0) is 66.0 Å². The molecule has 0 N–H and O–H groups in total. The van der Waals surface area contributed by atoms with Crippen LogP contribution in [-0.4, -0.2) is 12.6 Å². The van der Waals surface area contributed by atoms with Crippen LogP contribution >= 0.6 is 0 Å². The Morgan fingerprint density at radius 2 is 1.54 bits per heavy atom. The minimum atomic E-state index is 0.599. The molecule has 2 aromatic carbocycles. The lowest BCUT2D eigenvalue weighted by atomic mass is 9.94. The molecule has 2 aromatic rings. The highest BCUT2D eigenvalue weighted by Gasteiger charge is 2.32. The van der Waals surface area contributed by atoms with E-state index in [1.54, 1.807) is 11.1 Å². The first-order valence-corrected chi connectivity index (χ1v) is 9.55. The zero-order valence-corrected chi connectivity index (χ0v) is 15.6. The number of anilines is 1.